The second-order valence-corrected chi connectivity index (χ2v) is 8.05. The number of fused-ring (bicyclic) bond motifs is 3. The van der Waals surface area contributed by atoms with Crippen LogP contribution in [0, 0.1) is 0 Å². The first-order valence-electron chi connectivity index (χ1n) is 10.1. The maximum absolute atomic E-state index is 13.7. The Balaban J connectivity index is 1.93. The van der Waals surface area contributed by atoms with Gasteiger partial charge in [0.05, 0.1) is 30.4 Å². The second-order valence-electron chi connectivity index (χ2n) is 7.61. The van der Waals surface area contributed by atoms with Crippen molar-refractivity contribution in [3.63, 3.8) is 0 Å². The van der Waals surface area contributed by atoms with Crippen LogP contribution >= 0.6 is 11.6 Å². The molecule has 0 atom stereocenters. The summed E-state index contributed by atoms with van der Waals surface area (Å²) < 4.78 is 10.1. The first kappa shape index (κ1) is 20.2. The topological polar surface area (TPSA) is 58.2 Å². The van der Waals surface area contributed by atoms with E-state index in [9.17, 15) is 9.59 Å². The van der Waals surface area contributed by atoms with Crippen molar-refractivity contribution in [2.45, 2.75) is 6.54 Å². The van der Waals surface area contributed by atoms with Crippen LogP contribution in [-0.4, -0.2) is 20.8 Å². The number of hydrogen-bond acceptors (Lipinski definition) is 3. The smallest absolute Gasteiger partial charge is 0.336 e. The van der Waals surface area contributed by atoms with Crippen LogP contribution in [0.1, 0.15) is 5.56 Å². The molecule has 0 spiro atoms. The first-order chi connectivity index (χ1) is 15.5. The van der Waals surface area contributed by atoms with Gasteiger partial charge in [0.1, 0.15) is 11.3 Å². The fourth-order valence-electron chi connectivity index (χ4n) is 4.18. The average molecular weight is 446 g/mol. The van der Waals surface area contributed by atoms with E-state index in [0.717, 1.165) is 16.5 Å². The van der Waals surface area contributed by atoms with Crippen LogP contribution in [0.25, 0.3) is 27.6 Å². The minimum Gasteiger partial charge on any atom is -0.497 e. The van der Waals surface area contributed by atoms with E-state index in [1.165, 1.54) is 4.57 Å². The summed E-state index contributed by atoms with van der Waals surface area (Å²) in [5.74, 6) is 0.655. The van der Waals surface area contributed by atoms with Crippen molar-refractivity contribution < 1.29 is 4.74 Å². The molecule has 0 unspecified atom stereocenters. The molecular weight excluding hydrogens is 426 g/mol. The highest BCUT2D eigenvalue weighted by atomic mass is 35.5. The molecule has 0 N–H and O–H groups in total. The molecule has 0 saturated carbocycles. The summed E-state index contributed by atoms with van der Waals surface area (Å²) in [6.45, 7) is 0.288. The van der Waals surface area contributed by atoms with Gasteiger partial charge in [-0.2, -0.15) is 0 Å². The summed E-state index contributed by atoms with van der Waals surface area (Å²) in [5, 5.41) is 1.40. The number of halogens is 1. The number of ether oxygens (including phenoxy) is 1. The van der Waals surface area contributed by atoms with E-state index in [1.54, 1.807) is 48.1 Å². The average Bonchev–Trinajstić information content (AvgIpc) is 3.10. The van der Waals surface area contributed by atoms with Gasteiger partial charge >= 0.3 is 5.69 Å². The van der Waals surface area contributed by atoms with E-state index in [4.69, 9.17) is 16.3 Å². The Hall–Kier alpha value is -3.77. The molecule has 2 heterocycles. The Bertz CT molecular complexity index is 1580. The summed E-state index contributed by atoms with van der Waals surface area (Å²) in [7, 11) is 3.43. The van der Waals surface area contributed by atoms with Gasteiger partial charge in [0, 0.05) is 17.5 Å². The molecule has 0 aliphatic rings. The van der Waals surface area contributed by atoms with Crippen molar-refractivity contribution in [1.82, 2.24) is 13.7 Å². The molecule has 5 rings (SSSR count). The number of para-hydroxylation sites is 1. The second kappa shape index (κ2) is 7.73. The highest BCUT2D eigenvalue weighted by Crippen LogP contribution is 2.29. The SMILES string of the molecule is COc1ccc2c(c1)c1c(c(=O)n(-c3ccccc3)c(=O)n1Cc1ccc(Cl)cc1)n2C. The summed E-state index contributed by atoms with van der Waals surface area (Å²) in [6, 6.07) is 21.9. The van der Waals surface area contributed by atoms with Crippen LogP contribution in [0.4, 0.5) is 0 Å². The van der Waals surface area contributed by atoms with Gasteiger partial charge in [0.2, 0.25) is 0 Å². The summed E-state index contributed by atoms with van der Waals surface area (Å²) in [6.07, 6.45) is 0. The molecule has 3 aromatic carbocycles. The molecule has 2 aromatic heterocycles. The van der Waals surface area contributed by atoms with Gasteiger partial charge in [-0.1, -0.05) is 41.9 Å². The number of nitrogens with zero attached hydrogens (tertiary/aromatic N) is 3. The van der Waals surface area contributed by atoms with Gasteiger partial charge < -0.3 is 9.30 Å². The van der Waals surface area contributed by atoms with Crippen LogP contribution in [0.15, 0.2) is 82.4 Å². The van der Waals surface area contributed by atoms with Gasteiger partial charge in [-0.05, 0) is 48.0 Å². The third-order valence-corrected chi connectivity index (χ3v) is 6.00. The lowest BCUT2D eigenvalue weighted by molar-refractivity contribution is 0.415. The number of benzene rings is 3. The third kappa shape index (κ3) is 3.11. The molecule has 32 heavy (non-hydrogen) atoms. The predicted octanol–water partition coefficient (Wildman–Crippen LogP) is 4.35. The van der Waals surface area contributed by atoms with E-state index < -0.39 is 5.69 Å². The van der Waals surface area contributed by atoms with Crippen molar-refractivity contribution in [2.75, 3.05) is 7.11 Å². The molecule has 5 aromatic rings. The molecule has 0 amide bonds. The number of aromatic nitrogens is 3. The number of hydrogen-bond donors (Lipinski definition) is 0. The summed E-state index contributed by atoms with van der Waals surface area (Å²) in [4.78, 5) is 27.4. The molecule has 0 fully saturated rings. The Labute approximate surface area is 188 Å². The Morgan fingerprint density at radius 2 is 1.62 bits per heavy atom. The fraction of sp³-hybridized carbons (Fsp3) is 0.120. The number of aryl methyl sites for hydroxylation is 1. The van der Waals surface area contributed by atoms with E-state index in [0.29, 0.717) is 27.5 Å². The molecule has 160 valence electrons. The standard InChI is InChI=1S/C25H20ClN3O3/c1-27-21-13-12-19(32-2)14-20(21)22-23(27)24(30)29(18-6-4-3-5-7-18)25(31)28(22)15-16-8-10-17(26)11-9-16/h3-14H,15H2,1-2H3. The van der Waals surface area contributed by atoms with Crippen molar-refractivity contribution in [3.05, 3.63) is 104 Å². The normalized spacial score (nSPS) is 11.3. The van der Waals surface area contributed by atoms with Crippen molar-refractivity contribution in [3.8, 4) is 11.4 Å². The minimum atomic E-state index is -0.404. The number of rotatable bonds is 4. The van der Waals surface area contributed by atoms with Crippen molar-refractivity contribution in [2.24, 2.45) is 7.05 Å². The monoisotopic (exact) mass is 445 g/mol. The highest BCUT2D eigenvalue weighted by molar-refractivity contribution is 6.30. The molecule has 0 radical (unpaired) electrons. The van der Waals surface area contributed by atoms with Crippen LogP contribution in [0.2, 0.25) is 5.02 Å². The summed E-state index contributed by atoms with van der Waals surface area (Å²) in [5.41, 5.74) is 2.53. The Morgan fingerprint density at radius 1 is 0.906 bits per heavy atom. The lowest BCUT2D eigenvalue weighted by Gasteiger charge is -2.13. The minimum absolute atomic E-state index is 0.288. The van der Waals surface area contributed by atoms with Crippen molar-refractivity contribution in [1.29, 1.82) is 0 Å². The van der Waals surface area contributed by atoms with Crippen LogP contribution in [0.3, 0.4) is 0 Å². The molecule has 0 saturated heterocycles. The Morgan fingerprint density at radius 3 is 2.31 bits per heavy atom. The maximum Gasteiger partial charge on any atom is 0.336 e. The molecule has 6 nitrogen and oxygen atoms in total. The van der Waals surface area contributed by atoms with E-state index in [2.05, 4.69) is 0 Å². The van der Waals surface area contributed by atoms with Crippen LogP contribution < -0.4 is 16.0 Å². The largest absolute Gasteiger partial charge is 0.497 e. The molecular formula is C25H20ClN3O3. The van der Waals surface area contributed by atoms with Gasteiger partial charge in [0.25, 0.3) is 5.56 Å². The molecule has 0 aliphatic carbocycles. The van der Waals surface area contributed by atoms with E-state index in [-0.39, 0.29) is 12.1 Å². The number of methoxy groups -OCH3 is 1. The quantitative estimate of drug-likeness (QED) is 0.413. The molecule has 7 heteroatoms. The fourth-order valence-corrected chi connectivity index (χ4v) is 4.31. The van der Waals surface area contributed by atoms with Gasteiger partial charge in [-0.3, -0.25) is 9.36 Å². The van der Waals surface area contributed by atoms with Crippen LogP contribution in [-0.2, 0) is 13.6 Å². The lowest BCUT2D eigenvalue weighted by atomic mass is 10.2. The first-order valence-corrected chi connectivity index (χ1v) is 10.5. The lowest BCUT2D eigenvalue weighted by Crippen LogP contribution is -2.39. The maximum atomic E-state index is 13.7. The highest BCUT2D eigenvalue weighted by Gasteiger charge is 2.21. The predicted molar refractivity (Wildman–Crippen MR) is 127 cm³/mol. The van der Waals surface area contributed by atoms with Crippen LogP contribution in [0.5, 0.6) is 5.75 Å². The molecule has 0 aliphatic heterocycles. The zero-order valence-electron chi connectivity index (χ0n) is 17.6. The van der Waals surface area contributed by atoms with Gasteiger partial charge in [-0.25, -0.2) is 9.36 Å². The third-order valence-electron chi connectivity index (χ3n) is 5.75. The molecule has 0 bridgehead atoms. The Kier molecular flexibility index (Phi) is 4.87. The van der Waals surface area contributed by atoms with E-state index in [1.807, 2.05) is 48.0 Å². The zero-order chi connectivity index (χ0) is 22.4. The van der Waals surface area contributed by atoms with Crippen molar-refractivity contribution >= 4 is 33.5 Å². The summed E-state index contributed by atoms with van der Waals surface area (Å²) >= 11 is 6.05. The van der Waals surface area contributed by atoms with Gasteiger partial charge in [0.15, 0.2) is 0 Å². The van der Waals surface area contributed by atoms with E-state index >= 15 is 0 Å². The van der Waals surface area contributed by atoms with Gasteiger partial charge in [-0.15, -0.1) is 0 Å². The zero-order valence-corrected chi connectivity index (χ0v) is 18.3.